The second kappa shape index (κ2) is 4.64. The predicted octanol–water partition coefficient (Wildman–Crippen LogP) is 2.49. The van der Waals surface area contributed by atoms with Crippen molar-refractivity contribution < 1.29 is 0 Å². The van der Waals surface area contributed by atoms with Gasteiger partial charge in [-0.1, -0.05) is 29.8 Å². The summed E-state index contributed by atoms with van der Waals surface area (Å²) in [5.74, 6) is 0.755. The maximum Gasteiger partial charge on any atom is 0.00206 e. The number of aryl methyl sites for hydroxylation is 1. The Morgan fingerprint density at radius 3 is 2.46 bits per heavy atom. The molecule has 72 valence electrons. The van der Waals surface area contributed by atoms with E-state index in [1.807, 2.05) is 0 Å². The van der Waals surface area contributed by atoms with Gasteiger partial charge in [0.25, 0.3) is 0 Å². The molecule has 0 spiro atoms. The quantitative estimate of drug-likeness (QED) is 0.730. The normalized spacial score (nSPS) is 21.2. The monoisotopic (exact) mass is 197 g/mol. The molecule has 13 heavy (non-hydrogen) atoms. The molecule has 2 heteroatoms. The molecule has 2 rings (SSSR count). The minimum absolute atomic E-state index is 0. The molecule has 0 unspecified atom stereocenters. The highest BCUT2D eigenvalue weighted by molar-refractivity contribution is 5.85. The fourth-order valence-electron chi connectivity index (χ4n) is 1.78. The maximum atomic E-state index is 3.39. The Kier molecular flexibility index (Phi) is 3.76. The smallest absolute Gasteiger partial charge is 0.00206 e. The number of hydrogen-bond donors (Lipinski definition) is 1. The van der Waals surface area contributed by atoms with Crippen LogP contribution >= 0.6 is 12.4 Å². The highest BCUT2D eigenvalue weighted by Crippen LogP contribution is 2.21. The number of hydrogen-bond acceptors (Lipinski definition) is 1. The van der Waals surface area contributed by atoms with Crippen LogP contribution in [0.2, 0.25) is 0 Å². The summed E-state index contributed by atoms with van der Waals surface area (Å²) >= 11 is 0. The van der Waals surface area contributed by atoms with Crippen LogP contribution in [0.1, 0.15) is 23.5 Å². The topological polar surface area (TPSA) is 12.0 Å². The highest BCUT2D eigenvalue weighted by Gasteiger charge is 2.15. The molecule has 1 saturated heterocycles. The molecule has 0 radical (unpaired) electrons. The van der Waals surface area contributed by atoms with Crippen LogP contribution in [0.4, 0.5) is 0 Å². The van der Waals surface area contributed by atoms with Crippen molar-refractivity contribution in [3.8, 4) is 0 Å². The molecule has 0 aliphatic carbocycles. The summed E-state index contributed by atoms with van der Waals surface area (Å²) in [6.45, 7) is 4.47. The first-order valence-electron chi connectivity index (χ1n) is 4.63. The molecule has 1 aliphatic rings. The Bertz CT molecular complexity index is 249. The lowest BCUT2D eigenvalue weighted by Gasteiger charge is -2.07. The molecule has 1 N–H and O–H groups in total. The second-order valence-corrected chi connectivity index (χ2v) is 3.60. The van der Waals surface area contributed by atoms with Gasteiger partial charge in [-0.05, 0) is 31.4 Å². The third-order valence-electron chi connectivity index (χ3n) is 2.61. The summed E-state index contributed by atoms with van der Waals surface area (Å²) in [4.78, 5) is 0. The van der Waals surface area contributed by atoms with Gasteiger partial charge in [0.2, 0.25) is 0 Å². The zero-order chi connectivity index (χ0) is 8.39. The van der Waals surface area contributed by atoms with Crippen LogP contribution in [0.25, 0.3) is 0 Å². The van der Waals surface area contributed by atoms with Crippen LogP contribution in [0.15, 0.2) is 24.3 Å². The van der Waals surface area contributed by atoms with E-state index in [2.05, 4.69) is 36.5 Å². The molecule has 1 heterocycles. The highest BCUT2D eigenvalue weighted by atomic mass is 35.5. The van der Waals surface area contributed by atoms with Crippen molar-refractivity contribution in [2.75, 3.05) is 13.1 Å². The average Bonchev–Trinajstić information content (AvgIpc) is 2.58. The van der Waals surface area contributed by atoms with Gasteiger partial charge in [0.05, 0.1) is 0 Å². The molecular weight excluding hydrogens is 182 g/mol. The van der Waals surface area contributed by atoms with Crippen LogP contribution in [0.5, 0.6) is 0 Å². The number of rotatable bonds is 1. The van der Waals surface area contributed by atoms with Crippen molar-refractivity contribution in [3.05, 3.63) is 35.4 Å². The SMILES string of the molecule is Cc1ccc([C@@H]2CCNC2)cc1.Cl. The van der Waals surface area contributed by atoms with Crippen molar-refractivity contribution in [3.63, 3.8) is 0 Å². The lowest BCUT2D eigenvalue weighted by Crippen LogP contribution is -2.07. The zero-order valence-electron chi connectivity index (χ0n) is 7.92. The van der Waals surface area contributed by atoms with Gasteiger partial charge in [-0.15, -0.1) is 12.4 Å². The zero-order valence-corrected chi connectivity index (χ0v) is 8.73. The van der Waals surface area contributed by atoms with Crippen LogP contribution < -0.4 is 5.32 Å². The van der Waals surface area contributed by atoms with Crippen molar-refractivity contribution in [2.45, 2.75) is 19.3 Å². The number of nitrogens with one attached hydrogen (secondary N) is 1. The molecule has 0 bridgehead atoms. The standard InChI is InChI=1S/C11H15N.ClH/c1-9-2-4-10(5-3-9)11-6-7-12-8-11;/h2-5,11-12H,6-8H2,1H3;1H/t11-;/m1./s1. The van der Waals surface area contributed by atoms with Crippen molar-refractivity contribution >= 4 is 12.4 Å². The average molecular weight is 198 g/mol. The lowest BCUT2D eigenvalue weighted by atomic mass is 9.98. The van der Waals surface area contributed by atoms with E-state index >= 15 is 0 Å². The first-order chi connectivity index (χ1) is 5.86. The second-order valence-electron chi connectivity index (χ2n) is 3.60. The van der Waals surface area contributed by atoms with Crippen molar-refractivity contribution in [1.82, 2.24) is 5.32 Å². The van der Waals surface area contributed by atoms with Crippen molar-refractivity contribution in [2.24, 2.45) is 0 Å². The Labute approximate surface area is 86.0 Å². The number of benzene rings is 1. The maximum absolute atomic E-state index is 3.39. The summed E-state index contributed by atoms with van der Waals surface area (Å²) in [5.41, 5.74) is 2.84. The lowest BCUT2D eigenvalue weighted by molar-refractivity contribution is 0.763. The summed E-state index contributed by atoms with van der Waals surface area (Å²) < 4.78 is 0. The first kappa shape index (κ1) is 10.6. The van der Waals surface area contributed by atoms with E-state index in [1.165, 1.54) is 24.1 Å². The van der Waals surface area contributed by atoms with Gasteiger partial charge in [0.15, 0.2) is 0 Å². The van der Waals surface area contributed by atoms with E-state index in [-0.39, 0.29) is 12.4 Å². The van der Waals surface area contributed by atoms with Crippen LogP contribution in [-0.4, -0.2) is 13.1 Å². The third-order valence-corrected chi connectivity index (χ3v) is 2.61. The summed E-state index contributed by atoms with van der Waals surface area (Å²) in [7, 11) is 0. The van der Waals surface area contributed by atoms with Gasteiger partial charge >= 0.3 is 0 Å². The Balaban J connectivity index is 0.000000845. The van der Waals surface area contributed by atoms with E-state index in [4.69, 9.17) is 0 Å². The molecule has 0 saturated carbocycles. The van der Waals surface area contributed by atoms with Gasteiger partial charge < -0.3 is 5.32 Å². The summed E-state index contributed by atoms with van der Waals surface area (Å²) in [5, 5.41) is 3.39. The van der Waals surface area contributed by atoms with Gasteiger partial charge in [0, 0.05) is 6.54 Å². The van der Waals surface area contributed by atoms with Gasteiger partial charge in [-0.25, -0.2) is 0 Å². The fraction of sp³-hybridized carbons (Fsp3) is 0.455. The van der Waals surface area contributed by atoms with Crippen LogP contribution in [0.3, 0.4) is 0 Å². The molecule has 1 fully saturated rings. The summed E-state index contributed by atoms with van der Waals surface area (Å²) in [6.07, 6.45) is 1.29. The van der Waals surface area contributed by atoms with E-state index in [9.17, 15) is 0 Å². The molecule has 0 amide bonds. The summed E-state index contributed by atoms with van der Waals surface area (Å²) in [6, 6.07) is 8.92. The number of halogens is 1. The van der Waals surface area contributed by atoms with E-state index in [1.54, 1.807) is 0 Å². The Morgan fingerprint density at radius 2 is 1.92 bits per heavy atom. The molecule has 1 aromatic carbocycles. The fourth-order valence-corrected chi connectivity index (χ4v) is 1.78. The largest absolute Gasteiger partial charge is 0.316 e. The van der Waals surface area contributed by atoms with Gasteiger partial charge in [-0.2, -0.15) is 0 Å². The molecule has 1 aliphatic heterocycles. The first-order valence-corrected chi connectivity index (χ1v) is 4.63. The van der Waals surface area contributed by atoms with Gasteiger partial charge in [0.1, 0.15) is 0 Å². The minimum Gasteiger partial charge on any atom is -0.316 e. The molecule has 0 aromatic heterocycles. The van der Waals surface area contributed by atoms with Crippen molar-refractivity contribution in [1.29, 1.82) is 0 Å². The van der Waals surface area contributed by atoms with Crippen LogP contribution in [-0.2, 0) is 0 Å². The molecule has 1 atom stereocenters. The van der Waals surface area contributed by atoms with E-state index < -0.39 is 0 Å². The van der Waals surface area contributed by atoms with E-state index in [0.717, 1.165) is 12.5 Å². The Hall–Kier alpha value is -0.530. The van der Waals surface area contributed by atoms with E-state index in [0.29, 0.717) is 0 Å². The third kappa shape index (κ3) is 2.45. The molecular formula is C11H16ClN. The van der Waals surface area contributed by atoms with Crippen LogP contribution in [0, 0.1) is 6.92 Å². The Morgan fingerprint density at radius 1 is 1.23 bits per heavy atom. The predicted molar refractivity (Wildman–Crippen MR) is 58.7 cm³/mol. The molecule has 1 nitrogen and oxygen atoms in total. The van der Waals surface area contributed by atoms with Gasteiger partial charge in [-0.3, -0.25) is 0 Å². The molecule has 1 aromatic rings. The minimum atomic E-state index is 0.